The van der Waals surface area contributed by atoms with Crippen LogP contribution in [0.5, 0.6) is 5.75 Å². The van der Waals surface area contributed by atoms with Gasteiger partial charge in [0, 0.05) is 25.6 Å². The molecule has 3 atom stereocenters. The Labute approximate surface area is 108 Å². The second-order valence-electron chi connectivity index (χ2n) is 5.06. The summed E-state index contributed by atoms with van der Waals surface area (Å²) in [6.07, 6.45) is 0.542. The highest BCUT2D eigenvalue weighted by Crippen LogP contribution is 2.26. The molecule has 1 aliphatic heterocycles. The van der Waals surface area contributed by atoms with Gasteiger partial charge in [0.15, 0.2) is 0 Å². The lowest BCUT2D eigenvalue weighted by molar-refractivity contribution is -0.0274. The zero-order valence-corrected chi connectivity index (χ0v) is 10.9. The average Bonchev–Trinajstić information content (AvgIpc) is 2.68. The number of rotatable bonds is 4. The molecule has 0 radical (unpaired) electrons. The van der Waals surface area contributed by atoms with Crippen LogP contribution < -0.4 is 5.32 Å². The van der Waals surface area contributed by atoms with Gasteiger partial charge >= 0.3 is 0 Å². The lowest BCUT2D eigenvalue weighted by Crippen LogP contribution is -2.46. The van der Waals surface area contributed by atoms with E-state index in [1.54, 1.807) is 12.1 Å². The summed E-state index contributed by atoms with van der Waals surface area (Å²) in [5.74, 6) is 0.266. The average molecular weight is 251 g/mol. The fraction of sp³-hybridized carbons (Fsp3) is 0.571. The van der Waals surface area contributed by atoms with Crippen molar-refractivity contribution in [2.75, 3.05) is 13.2 Å². The minimum atomic E-state index is -0.773. The molecule has 0 saturated carbocycles. The van der Waals surface area contributed by atoms with Crippen molar-refractivity contribution in [2.24, 2.45) is 0 Å². The van der Waals surface area contributed by atoms with E-state index in [2.05, 4.69) is 5.32 Å². The monoisotopic (exact) mass is 251 g/mol. The fourth-order valence-corrected chi connectivity index (χ4v) is 2.21. The second-order valence-corrected chi connectivity index (χ2v) is 5.06. The van der Waals surface area contributed by atoms with Crippen LogP contribution in [0.15, 0.2) is 24.3 Å². The molecule has 3 N–H and O–H groups in total. The smallest absolute Gasteiger partial charge is 0.115 e. The van der Waals surface area contributed by atoms with Gasteiger partial charge in [0.25, 0.3) is 0 Å². The van der Waals surface area contributed by atoms with Crippen LogP contribution in [0, 0.1) is 0 Å². The van der Waals surface area contributed by atoms with Crippen molar-refractivity contribution in [2.45, 2.75) is 38.0 Å². The van der Waals surface area contributed by atoms with Crippen LogP contribution in [0.1, 0.15) is 31.9 Å². The van der Waals surface area contributed by atoms with Crippen molar-refractivity contribution in [3.05, 3.63) is 29.8 Å². The highest BCUT2D eigenvalue weighted by atomic mass is 16.5. The van der Waals surface area contributed by atoms with E-state index in [1.807, 2.05) is 26.0 Å². The molecule has 1 aromatic carbocycles. The van der Waals surface area contributed by atoms with Gasteiger partial charge in [0.2, 0.25) is 0 Å². The number of aliphatic hydroxyl groups is 1. The first-order chi connectivity index (χ1) is 8.51. The van der Waals surface area contributed by atoms with E-state index in [0.29, 0.717) is 19.6 Å². The van der Waals surface area contributed by atoms with Gasteiger partial charge in [-0.1, -0.05) is 12.1 Å². The Morgan fingerprint density at radius 3 is 2.67 bits per heavy atom. The van der Waals surface area contributed by atoms with Gasteiger partial charge < -0.3 is 20.3 Å². The zero-order chi connectivity index (χ0) is 13.2. The largest absolute Gasteiger partial charge is 0.508 e. The van der Waals surface area contributed by atoms with Gasteiger partial charge in [0.05, 0.1) is 6.10 Å². The molecule has 0 amide bonds. The molecule has 0 aromatic heterocycles. The summed E-state index contributed by atoms with van der Waals surface area (Å²) in [5, 5.41) is 22.9. The summed E-state index contributed by atoms with van der Waals surface area (Å²) in [6, 6.07) is 7.23. The first-order valence-corrected chi connectivity index (χ1v) is 6.37. The number of hydrogen-bond donors (Lipinski definition) is 3. The normalized spacial score (nSPS) is 29.4. The summed E-state index contributed by atoms with van der Waals surface area (Å²) in [5.41, 5.74) is 0.313. The Hall–Kier alpha value is -1.10. The molecule has 1 aliphatic rings. The van der Waals surface area contributed by atoms with Gasteiger partial charge in [-0.3, -0.25) is 0 Å². The molecule has 1 fully saturated rings. The molecule has 1 aromatic rings. The number of aromatic hydroxyl groups is 1. The molecule has 100 valence electrons. The molecule has 0 spiro atoms. The van der Waals surface area contributed by atoms with Crippen molar-refractivity contribution >= 4 is 0 Å². The van der Waals surface area contributed by atoms with Crippen molar-refractivity contribution in [3.63, 3.8) is 0 Å². The van der Waals surface area contributed by atoms with E-state index < -0.39 is 5.60 Å². The Morgan fingerprint density at radius 2 is 2.11 bits per heavy atom. The summed E-state index contributed by atoms with van der Waals surface area (Å²) < 4.78 is 5.40. The van der Waals surface area contributed by atoms with Crippen LogP contribution >= 0.6 is 0 Å². The van der Waals surface area contributed by atoms with Gasteiger partial charge in [-0.2, -0.15) is 0 Å². The number of ether oxygens (including phenoxy) is 1. The van der Waals surface area contributed by atoms with Crippen LogP contribution in [-0.4, -0.2) is 35.1 Å². The number of benzene rings is 1. The van der Waals surface area contributed by atoms with Crippen molar-refractivity contribution in [1.82, 2.24) is 5.32 Å². The van der Waals surface area contributed by atoms with Gasteiger partial charge in [-0.05, 0) is 31.5 Å². The van der Waals surface area contributed by atoms with Crippen molar-refractivity contribution in [3.8, 4) is 5.75 Å². The Kier molecular flexibility index (Phi) is 3.90. The minimum absolute atomic E-state index is 0.127. The second kappa shape index (κ2) is 5.26. The molecule has 18 heavy (non-hydrogen) atoms. The molecule has 0 aliphatic carbocycles. The molecule has 1 heterocycles. The number of hydrogen-bond acceptors (Lipinski definition) is 4. The fourth-order valence-electron chi connectivity index (χ4n) is 2.21. The third kappa shape index (κ3) is 2.83. The molecular formula is C14H21NO3. The van der Waals surface area contributed by atoms with Crippen LogP contribution in [0.3, 0.4) is 0 Å². The SMILES string of the molecule is CC(NCC1(O)CCOC1C)c1ccc(O)cc1. The van der Waals surface area contributed by atoms with E-state index >= 15 is 0 Å². The third-order valence-electron chi connectivity index (χ3n) is 3.77. The number of nitrogens with one attached hydrogen (secondary N) is 1. The summed E-state index contributed by atoms with van der Waals surface area (Å²) in [7, 11) is 0. The Bertz CT molecular complexity index is 393. The molecule has 0 bridgehead atoms. The third-order valence-corrected chi connectivity index (χ3v) is 3.77. The maximum absolute atomic E-state index is 10.4. The molecule has 4 nitrogen and oxygen atoms in total. The highest BCUT2D eigenvalue weighted by Gasteiger charge is 2.39. The number of phenols is 1. The van der Waals surface area contributed by atoms with Crippen molar-refractivity contribution in [1.29, 1.82) is 0 Å². The Morgan fingerprint density at radius 1 is 1.44 bits per heavy atom. The molecule has 1 saturated heterocycles. The first kappa shape index (κ1) is 13.3. The topological polar surface area (TPSA) is 61.7 Å². The predicted molar refractivity (Wildman–Crippen MR) is 69.5 cm³/mol. The summed E-state index contributed by atoms with van der Waals surface area (Å²) >= 11 is 0. The van der Waals surface area contributed by atoms with Gasteiger partial charge in [-0.25, -0.2) is 0 Å². The molecule has 2 rings (SSSR count). The van der Waals surface area contributed by atoms with Gasteiger partial charge in [0.1, 0.15) is 11.4 Å². The zero-order valence-electron chi connectivity index (χ0n) is 10.9. The minimum Gasteiger partial charge on any atom is -0.508 e. The van der Waals surface area contributed by atoms with Gasteiger partial charge in [-0.15, -0.1) is 0 Å². The lowest BCUT2D eigenvalue weighted by atomic mass is 9.96. The van der Waals surface area contributed by atoms with E-state index in [-0.39, 0.29) is 17.9 Å². The van der Waals surface area contributed by atoms with E-state index in [9.17, 15) is 10.2 Å². The van der Waals surface area contributed by atoms with Crippen molar-refractivity contribution < 1.29 is 14.9 Å². The van der Waals surface area contributed by atoms with Crippen LogP contribution in [0.25, 0.3) is 0 Å². The Balaban J connectivity index is 1.92. The maximum Gasteiger partial charge on any atom is 0.115 e. The lowest BCUT2D eigenvalue weighted by Gasteiger charge is -2.28. The molecule has 3 unspecified atom stereocenters. The summed E-state index contributed by atoms with van der Waals surface area (Å²) in [6.45, 7) is 5.07. The van der Waals surface area contributed by atoms with E-state index in [1.165, 1.54) is 0 Å². The van der Waals surface area contributed by atoms with E-state index in [4.69, 9.17) is 4.74 Å². The number of phenolic OH excluding ortho intramolecular Hbond substituents is 1. The van der Waals surface area contributed by atoms with E-state index in [0.717, 1.165) is 5.56 Å². The quantitative estimate of drug-likeness (QED) is 0.760. The molecule has 4 heteroatoms. The predicted octanol–water partition coefficient (Wildman–Crippen LogP) is 1.58. The van der Waals surface area contributed by atoms with Crippen LogP contribution in [0.4, 0.5) is 0 Å². The summed E-state index contributed by atoms with van der Waals surface area (Å²) in [4.78, 5) is 0. The standard InChI is InChI=1S/C14H21NO3/c1-10(12-3-5-13(16)6-4-12)15-9-14(17)7-8-18-11(14)2/h3-6,10-11,15-17H,7-9H2,1-2H3. The molecular weight excluding hydrogens is 230 g/mol. The highest BCUT2D eigenvalue weighted by molar-refractivity contribution is 5.27. The maximum atomic E-state index is 10.4. The van der Waals surface area contributed by atoms with Crippen LogP contribution in [-0.2, 0) is 4.74 Å². The first-order valence-electron chi connectivity index (χ1n) is 6.37. The van der Waals surface area contributed by atoms with Crippen LogP contribution in [0.2, 0.25) is 0 Å².